The maximum absolute atomic E-state index is 15.9. The van der Waals surface area contributed by atoms with E-state index in [0.717, 1.165) is 27.5 Å². The number of thiophene rings is 1. The van der Waals surface area contributed by atoms with Crippen LogP contribution in [0, 0.1) is 18.6 Å². The molecule has 0 bridgehead atoms. The summed E-state index contributed by atoms with van der Waals surface area (Å²) in [5, 5.41) is 7.54. The summed E-state index contributed by atoms with van der Waals surface area (Å²) < 4.78 is 45.7. The summed E-state index contributed by atoms with van der Waals surface area (Å²) in [6.45, 7) is 8.59. The molecular formula is C30H28F2N6O3S. The average molecular weight is 591 g/mol. The summed E-state index contributed by atoms with van der Waals surface area (Å²) in [5.41, 5.74) is 3.01. The molecule has 0 saturated carbocycles. The first-order chi connectivity index (χ1) is 20.3. The fourth-order valence-electron chi connectivity index (χ4n) is 5.25. The van der Waals surface area contributed by atoms with Gasteiger partial charge in [0.2, 0.25) is 5.91 Å². The SMILES string of the molecule is C=CC(=O)N1Cc2cc(-c3nc(-n4cnc(C)c4)c4ccsc4c3-c3c(F)cc(F)cc3OCCOC)nn2CC1C. The highest BCUT2D eigenvalue weighted by Gasteiger charge is 2.30. The van der Waals surface area contributed by atoms with Crippen molar-refractivity contribution < 1.29 is 23.0 Å². The highest BCUT2D eigenvalue weighted by atomic mass is 32.1. The first-order valence-corrected chi connectivity index (χ1v) is 14.2. The van der Waals surface area contributed by atoms with Crippen LogP contribution in [-0.2, 0) is 22.6 Å². The number of carbonyl (C=O) groups is 1. The summed E-state index contributed by atoms with van der Waals surface area (Å²) in [6, 6.07) is 5.67. The lowest BCUT2D eigenvalue weighted by Gasteiger charge is -2.33. The molecule has 5 heterocycles. The van der Waals surface area contributed by atoms with Crippen LogP contribution in [0.2, 0.25) is 0 Å². The summed E-state index contributed by atoms with van der Waals surface area (Å²) in [7, 11) is 1.52. The Morgan fingerprint density at radius 2 is 2.07 bits per heavy atom. The molecule has 1 unspecified atom stereocenters. The lowest BCUT2D eigenvalue weighted by atomic mass is 9.98. The van der Waals surface area contributed by atoms with E-state index in [1.807, 2.05) is 46.8 Å². The van der Waals surface area contributed by atoms with Gasteiger partial charge in [-0.15, -0.1) is 11.3 Å². The summed E-state index contributed by atoms with van der Waals surface area (Å²) in [4.78, 5) is 23.6. The number of nitrogens with zero attached hydrogens (tertiary/aromatic N) is 6. The standard InChI is InChI=1S/C30H28F2N6O3S/c1-5-25(39)37-15-20-12-23(35-38(20)14-18(37)3)28-27(26-22(32)10-19(31)11-24(26)41-8-7-40-4)29-21(6-9-42-29)30(34-28)36-13-17(2)33-16-36/h5-6,9-13,16,18H,1,7-8,14-15H2,2-4H3. The van der Waals surface area contributed by atoms with Gasteiger partial charge >= 0.3 is 0 Å². The minimum absolute atomic E-state index is 0.0360. The molecule has 4 aromatic heterocycles. The molecule has 1 aromatic carbocycles. The number of hydrogen-bond acceptors (Lipinski definition) is 7. The highest BCUT2D eigenvalue weighted by Crippen LogP contribution is 2.46. The van der Waals surface area contributed by atoms with E-state index in [9.17, 15) is 9.18 Å². The van der Waals surface area contributed by atoms with Gasteiger partial charge in [-0.05, 0) is 37.4 Å². The predicted octanol–water partition coefficient (Wildman–Crippen LogP) is 5.54. The molecule has 9 nitrogen and oxygen atoms in total. The summed E-state index contributed by atoms with van der Waals surface area (Å²) >= 11 is 1.41. The number of pyridine rings is 1. The van der Waals surface area contributed by atoms with Gasteiger partial charge in [-0.2, -0.15) is 5.10 Å². The first kappa shape index (κ1) is 27.7. The minimum Gasteiger partial charge on any atom is -0.490 e. The van der Waals surface area contributed by atoms with Crippen LogP contribution in [0.15, 0.2) is 54.8 Å². The summed E-state index contributed by atoms with van der Waals surface area (Å²) in [6.07, 6.45) is 4.84. The Labute approximate surface area is 244 Å². The molecule has 1 atom stereocenters. The number of carbonyl (C=O) groups excluding carboxylic acids is 1. The third-order valence-corrected chi connectivity index (χ3v) is 8.15. The molecule has 0 radical (unpaired) electrons. The number of halogens is 2. The quantitative estimate of drug-likeness (QED) is 0.174. The maximum Gasteiger partial charge on any atom is 0.246 e. The van der Waals surface area contributed by atoms with Gasteiger partial charge < -0.3 is 14.4 Å². The van der Waals surface area contributed by atoms with E-state index >= 15 is 4.39 Å². The third kappa shape index (κ3) is 4.86. The summed E-state index contributed by atoms with van der Waals surface area (Å²) in [5.74, 6) is -1.08. The number of rotatable bonds is 8. The van der Waals surface area contributed by atoms with Crippen molar-refractivity contribution in [3.05, 3.63) is 77.8 Å². The van der Waals surface area contributed by atoms with Crippen molar-refractivity contribution in [3.63, 3.8) is 0 Å². The monoisotopic (exact) mass is 590 g/mol. The van der Waals surface area contributed by atoms with Crippen LogP contribution in [0.25, 0.3) is 38.4 Å². The van der Waals surface area contributed by atoms with Gasteiger partial charge in [0, 0.05) is 47.1 Å². The molecule has 0 aliphatic carbocycles. The van der Waals surface area contributed by atoms with Crippen LogP contribution < -0.4 is 4.74 Å². The molecule has 0 N–H and O–H groups in total. The Kier molecular flexibility index (Phi) is 7.33. The molecule has 0 fully saturated rings. The number of benzene rings is 1. The molecule has 1 amide bonds. The van der Waals surface area contributed by atoms with E-state index in [2.05, 4.69) is 11.6 Å². The van der Waals surface area contributed by atoms with Crippen molar-refractivity contribution in [2.75, 3.05) is 20.3 Å². The molecule has 0 saturated heterocycles. The Morgan fingerprint density at radius 1 is 1.24 bits per heavy atom. The van der Waals surface area contributed by atoms with Gasteiger partial charge in [0.25, 0.3) is 0 Å². The molecular weight excluding hydrogens is 562 g/mol. The highest BCUT2D eigenvalue weighted by molar-refractivity contribution is 7.18. The van der Waals surface area contributed by atoms with Crippen molar-refractivity contribution >= 4 is 27.3 Å². The predicted molar refractivity (Wildman–Crippen MR) is 156 cm³/mol. The molecule has 12 heteroatoms. The number of methoxy groups -OCH3 is 1. The number of aryl methyl sites for hydroxylation is 1. The lowest BCUT2D eigenvalue weighted by molar-refractivity contribution is -0.129. The van der Waals surface area contributed by atoms with Gasteiger partial charge in [-0.3, -0.25) is 14.0 Å². The van der Waals surface area contributed by atoms with Gasteiger partial charge in [0.1, 0.15) is 47.5 Å². The molecule has 42 heavy (non-hydrogen) atoms. The van der Waals surface area contributed by atoms with Gasteiger partial charge in [-0.25, -0.2) is 18.7 Å². The lowest BCUT2D eigenvalue weighted by Crippen LogP contribution is -2.44. The first-order valence-electron chi connectivity index (χ1n) is 13.3. The van der Waals surface area contributed by atoms with Crippen LogP contribution in [0.5, 0.6) is 5.75 Å². The molecule has 1 aliphatic rings. The Bertz CT molecular complexity index is 1830. The van der Waals surface area contributed by atoms with Gasteiger partial charge in [0.15, 0.2) is 0 Å². The molecule has 1 aliphatic heterocycles. The van der Waals surface area contributed by atoms with Crippen LogP contribution in [0.3, 0.4) is 0 Å². The van der Waals surface area contributed by atoms with Crippen molar-refractivity contribution in [1.82, 2.24) is 29.2 Å². The Hall–Kier alpha value is -4.42. The van der Waals surface area contributed by atoms with E-state index in [4.69, 9.17) is 19.6 Å². The number of hydrogen-bond donors (Lipinski definition) is 0. The van der Waals surface area contributed by atoms with Gasteiger partial charge in [0.05, 0.1) is 36.6 Å². The van der Waals surface area contributed by atoms with Crippen molar-refractivity contribution in [2.45, 2.75) is 33.0 Å². The molecule has 216 valence electrons. The van der Waals surface area contributed by atoms with Gasteiger partial charge in [-0.1, -0.05) is 6.58 Å². The zero-order valence-corrected chi connectivity index (χ0v) is 24.1. The van der Waals surface area contributed by atoms with E-state index in [1.54, 1.807) is 11.2 Å². The fourth-order valence-corrected chi connectivity index (χ4v) is 6.19. The maximum atomic E-state index is 15.9. The van der Waals surface area contributed by atoms with Crippen LogP contribution in [-0.4, -0.2) is 61.5 Å². The smallest absolute Gasteiger partial charge is 0.246 e. The Balaban J connectivity index is 1.61. The third-order valence-electron chi connectivity index (χ3n) is 7.22. The van der Waals surface area contributed by atoms with Crippen molar-refractivity contribution in [1.29, 1.82) is 0 Å². The largest absolute Gasteiger partial charge is 0.490 e. The van der Waals surface area contributed by atoms with Crippen LogP contribution >= 0.6 is 11.3 Å². The second-order valence-electron chi connectivity index (χ2n) is 10.1. The zero-order chi connectivity index (χ0) is 29.5. The fraction of sp³-hybridized carbons (Fsp3) is 0.267. The van der Waals surface area contributed by atoms with Crippen LogP contribution in [0.4, 0.5) is 8.78 Å². The topological polar surface area (TPSA) is 87.3 Å². The van der Waals surface area contributed by atoms with E-state index in [-0.39, 0.29) is 36.5 Å². The number of aromatic nitrogens is 5. The second kappa shape index (κ2) is 11.1. The number of imidazole rings is 1. The normalized spacial score (nSPS) is 14.8. The molecule has 6 rings (SSSR count). The number of ether oxygens (including phenoxy) is 2. The Morgan fingerprint density at radius 3 is 2.81 bits per heavy atom. The van der Waals surface area contributed by atoms with Crippen LogP contribution in [0.1, 0.15) is 18.3 Å². The van der Waals surface area contributed by atoms with E-state index in [0.29, 0.717) is 35.9 Å². The van der Waals surface area contributed by atoms with E-state index in [1.165, 1.54) is 30.6 Å². The van der Waals surface area contributed by atoms with E-state index < -0.39 is 11.6 Å². The number of fused-ring (bicyclic) bond motifs is 2. The molecule has 5 aromatic rings. The average Bonchev–Trinajstić information content (AvgIpc) is 3.71. The zero-order valence-electron chi connectivity index (χ0n) is 23.3. The second-order valence-corrected chi connectivity index (χ2v) is 11.0. The van der Waals surface area contributed by atoms with Crippen molar-refractivity contribution in [3.8, 4) is 34.1 Å². The molecule has 0 spiro atoms. The minimum atomic E-state index is -0.785. The number of amides is 1. The van der Waals surface area contributed by atoms with Crippen molar-refractivity contribution in [2.24, 2.45) is 0 Å².